The number of carbonyl (C=O) groups is 1. The van der Waals surface area contributed by atoms with E-state index in [-0.39, 0.29) is 11.9 Å². The zero-order valence-electron chi connectivity index (χ0n) is 19.6. The maximum atomic E-state index is 13.5. The van der Waals surface area contributed by atoms with Crippen molar-refractivity contribution in [2.24, 2.45) is 0 Å². The van der Waals surface area contributed by atoms with Gasteiger partial charge in [-0.3, -0.25) is 14.7 Å². The van der Waals surface area contributed by atoms with Crippen LogP contribution in [0.15, 0.2) is 54.9 Å². The number of aliphatic hydroxyl groups excluding tert-OH is 1. The first kappa shape index (κ1) is 21.6. The number of rotatable bonds is 4. The molecule has 2 aromatic carbocycles. The van der Waals surface area contributed by atoms with E-state index >= 15 is 0 Å². The summed E-state index contributed by atoms with van der Waals surface area (Å²) in [5.41, 5.74) is 4.42. The van der Waals surface area contributed by atoms with Gasteiger partial charge in [0.05, 0.1) is 12.1 Å². The molecule has 0 bridgehead atoms. The molecule has 0 radical (unpaired) electrons. The standard InChI is InChI=1S/C28H32N4O2/c33-27-8-4-3-7-26(27)32-19-25-23-6-2-1-5-22(23)20(17-24(25)28(32)34)18-30-13-15-31(16-14-30)21-9-11-29-12-10-21/h1-2,5-6,9-12,17,26-27,33H,3-4,7-8,13-16,18-19H2. The second kappa shape index (κ2) is 9.01. The Hall–Kier alpha value is -2.96. The van der Waals surface area contributed by atoms with Crippen LogP contribution in [0.3, 0.4) is 0 Å². The molecular formula is C28H32N4O2. The zero-order chi connectivity index (χ0) is 23.1. The van der Waals surface area contributed by atoms with Gasteiger partial charge >= 0.3 is 0 Å². The largest absolute Gasteiger partial charge is 0.391 e. The molecule has 0 spiro atoms. The van der Waals surface area contributed by atoms with E-state index < -0.39 is 6.10 Å². The lowest BCUT2D eigenvalue weighted by molar-refractivity contribution is 0.0192. The molecule has 2 fully saturated rings. The Bertz CT molecular complexity index is 1190. The number of aliphatic hydroxyl groups is 1. The van der Waals surface area contributed by atoms with Crippen molar-refractivity contribution in [2.45, 2.75) is 50.9 Å². The van der Waals surface area contributed by atoms with Gasteiger partial charge in [0.1, 0.15) is 0 Å². The average Bonchev–Trinajstić information content (AvgIpc) is 3.21. The van der Waals surface area contributed by atoms with Gasteiger partial charge in [0.25, 0.3) is 5.91 Å². The number of fused-ring (bicyclic) bond motifs is 3. The van der Waals surface area contributed by atoms with Crippen molar-refractivity contribution >= 4 is 22.4 Å². The molecular weight excluding hydrogens is 424 g/mol. The molecule has 6 heteroatoms. The first-order valence-corrected chi connectivity index (χ1v) is 12.6. The third kappa shape index (κ3) is 3.85. The Balaban J connectivity index is 1.25. The third-order valence-electron chi connectivity index (χ3n) is 7.95. The van der Waals surface area contributed by atoms with E-state index in [0.29, 0.717) is 6.54 Å². The van der Waals surface area contributed by atoms with E-state index in [1.165, 1.54) is 22.0 Å². The third-order valence-corrected chi connectivity index (χ3v) is 7.95. The Kier molecular flexibility index (Phi) is 5.71. The molecule has 2 aliphatic heterocycles. The summed E-state index contributed by atoms with van der Waals surface area (Å²) in [6, 6.07) is 14.8. The molecule has 3 heterocycles. The highest BCUT2D eigenvalue weighted by molar-refractivity contribution is 6.05. The number of benzene rings is 2. The molecule has 1 N–H and O–H groups in total. The molecule has 6 rings (SSSR count). The fourth-order valence-corrected chi connectivity index (χ4v) is 6.08. The fourth-order valence-electron chi connectivity index (χ4n) is 6.08. The van der Waals surface area contributed by atoms with Crippen molar-refractivity contribution in [3.05, 3.63) is 71.5 Å². The van der Waals surface area contributed by atoms with E-state index in [1.807, 2.05) is 17.3 Å². The lowest BCUT2D eigenvalue weighted by Gasteiger charge is -2.36. The number of anilines is 1. The topological polar surface area (TPSA) is 59.9 Å². The fraction of sp³-hybridized carbons (Fsp3) is 0.429. The van der Waals surface area contributed by atoms with Gasteiger partial charge < -0.3 is 14.9 Å². The number of carbonyl (C=O) groups excluding carboxylic acids is 1. The summed E-state index contributed by atoms with van der Waals surface area (Å²) in [4.78, 5) is 24.5. The van der Waals surface area contributed by atoms with Gasteiger partial charge in [-0.05, 0) is 52.9 Å². The van der Waals surface area contributed by atoms with Crippen LogP contribution in [0.25, 0.3) is 10.8 Å². The van der Waals surface area contributed by atoms with Crippen molar-refractivity contribution in [1.82, 2.24) is 14.8 Å². The maximum Gasteiger partial charge on any atom is 0.254 e. The minimum atomic E-state index is -0.408. The first-order chi connectivity index (χ1) is 16.7. The minimum Gasteiger partial charge on any atom is -0.391 e. The smallest absolute Gasteiger partial charge is 0.254 e. The predicted molar refractivity (Wildman–Crippen MR) is 134 cm³/mol. The Morgan fingerprint density at radius 2 is 1.68 bits per heavy atom. The van der Waals surface area contributed by atoms with Crippen LogP contribution in [0.2, 0.25) is 0 Å². The molecule has 176 valence electrons. The van der Waals surface area contributed by atoms with Crippen molar-refractivity contribution < 1.29 is 9.90 Å². The summed E-state index contributed by atoms with van der Waals surface area (Å²) >= 11 is 0. The summed E-state index contributed by atoms with van der Waals surface area (Å²) in [5, 5.41) is 13.0. The van der Waals surface area contributed by atoms with Gasteiger partial charge in [0.15, 0.2) is 0 Å². The van der Waals surface area contributed by atoms with E-state index in [0.717, 1.165) is 69.5 Å². The predicted octanol–water partition coefficient (Wildman–Crippen LogP) is 3.82. The monoisotopic (exact) mass is 456 g/mol. The molecule has 1 aromatic heterocycles. The number of pyridine rings is 1. The SMILES string of the molecule is O=C1c2cc(CN3CCN(c4ccncc4)CC3)c3ccccc3c2CN1C1CCCCC1O. The number of amides is 1. The molecule has 1 saturated carbocycles. The Morgan fingerprint density at radius 1 is 0.941 bits per heavy atom. The quantitative estimate of drug-likeness (QED) is 0.647. The number of hydrogen-bond acceptors (Lipinski definition) is 5. The van der Waals surface area contributed by atoms with E-state index in [9.17, 15) is 9.90 Å². The van der Waals surface area contributed by atoms with Crippen LogP contribution in [0.5, 0.6) is 0 Å². The van der Waals surface area contributed by atoms with Crippen molar-refractivity contribution in [3.63, 3.8) is 0 Å². The summed E-state index contributed by atoms with van der Waals surface area (Å²) < 4.78 is 0. The zero-order valence-corrected chi connectivity index (χ0v) is 19.6. The summed E-state index contributed by atoms with van der Waals surface area (Å²) in [7, 11) is 0. The highest BCUT2D eigenvalue weighted by Crippen LogP contribution is 2.37. The number of aromatic nitrogens is 1. The lowest BCUT2D eigenvalue weighted by Crippen LogP contribution is -2.46. The van der Waals surface area contributed by atoms with Crippen molar-refractivity contribution in [3.8, 4) is 0 Å². The van der Waals surface area contributed by atoms with Gasteiger partial charge in [-0.15, -0.1) is 0 Å². The second-order valence-electron chi connectivity index (χ2n) is 9.93. The van der Waals surface area contributed by atoms with Crippen LogP contribution in [-0.4, -0.2) is 64.1 Å². The molecule has 1 aliphatic carbocycles. The van der Waals surface area contributed by atoms with Gasteiger partial charge in [-0.1, -0.05) is 37.1 Å². The van der Waals surface area contributed by atoms with E-state index in [4.69, 9.17) is 0 Å². The minimum absolute atomic E-state index is 0.0582. The number of nitrogens with zero attached hydrogens (tertiary/aromatic N) is 4. The van der Waals surface area contributed by atoms with Crippen molar-refractivity contribution in [1.29, 1.82) is 0 Å². The van der Waals surface area contributed by atoms with Gasteiger partial charge in [-0.2, -0.15) is 0 Å². The number of piperazine rings is 1. The molecule has 3 aliphatic rings. The Labute approximate surface area is 200 Å². The van der Waals surface area contributed by atoms with Crippen LogP contribution in [-0.2, 0) is 13.1 Å². The summed E-state index contributed by atoms with van der Waals surface area (Å²) in [5.74, 6) is 0.0930. The molecule has 2 unspecified atom stereocenters. The molecule has 1 amide bonds. The van der Waals surface area contributed by atoms with Crippen LogP contribution >= 0.6 is 0 Å². The van der Waals surface area contributed by atoms with Gasteiger partial charge in [0, 0.05) is 62.9 Å². The normalized spacial score (nSPS) is 23.5. The lowest BCUT2D eigenvalue weighted by atomic mass is 9.91. The summed E-state index contributed by atoms with van der Waals surface area (Å²) in [6.45, 7) is 5.40. The summed E-state index contributed by atoms with van der Waals surface area (Å²) in [6.07, 6.45) is 7.12. The second-order valence-corrected chi connectivity index (χ2v) is 9.93. The van der Waals surface area contributed by atoms with E-state index in [2.05, 4.69) is 57.2 Å². The highest BCUT2D eigenvalue weighted by atomic mass is 16.3. The molecule has 2 atom stereocenters. The Morgan fingerprint density at radius 3 is 2.44 bits per heavy atom. The number of hydrogen-bond donors (Lipinski definition) is 1. The van der Waals surface area contributed by atoms with Gasteiger partial charge in [0.2, 0.25) is 0 Å². The molecule has 34 heavy (non-hydrogen) atoms. The highest BCUT2D eigenvalue weighted by Gasteiger charge is 2.38. The average molecular weight is 457 g/mol. The first-order valence-electron chi connectivity index (χ1n) is 12.6. The van der Waals surface area contributed by atoms with Crippen LogP contribution in [0, 0.1) is 0 Å². The van der Waals surface area contributed by atoms with Crippen LogP contribution < -0.4 is 4.90 Å². The molecule has 1 saturated heterocycles. The van der Waals surface area contributed by atoms with E-state index in [1.54, 1.807) is 0 Å². The maximum absolute atomic E-state index is 13.5. The van der Waals surface area contributed by atoms with Crippen molar-refractivity contribution in [2.75, 3.05) is 31.1 Å². The molecule has 3 aromatic rings. The van der Waals surface area contributed by atoms with Crippen LogP contribution in [0.4, 0.5) is 5.69 Å². The van der Waals surface area contributed by atoms with Crippen LogP contribution in [0.1, 0.15) is 47.2 Å². The molecule has 6 nitrogen and oxygen atoms in total. The van der Waals surface area contributed by atoms with Gasteiger partial charge in [-0.25, -0.2) is 0 Å².